The minimum absolute atomic E-state index is 0.238. The zero-order valence-corrected chi connectivity index (χ0v) is 16.2. The number of benzene rings is 2. The molecule has 0 aliphatic carbocycles. The van der Waals surface area contributed by atoms with Crippen LogP contribution < -0.4 is 4.90 Å². The Morgan fingerprint density at radius 3 is 2.69 bits per heavy atom. The van der Waals surface area contributed by atoms with E-state index in [0.29, 0.717) is 10.7 Å². The van der Waals surface area contributed by atoms with Crippen molar-refractivity contribution in [1.29, 1.82) is 0 Å². The van der Waals surface area contributed by atoms with Gasteiger partial charge < -0.3 is 9.64 Å². The van der Waals surface area contributed by atoms with E-state index in [1.807, 2.05) is 24.3 Å². The van der Waals surface area contributed by atoms with Crippen LogP contribution in [0.1, 0.15) is 10.4 Å². The van der Waals surface area contributed by atoms with Gasteiger partial charge in [-0.15, -0.1) is 0 Å². The van der Waals surface area contributed by atoms with Gasteiger partial charge in [0.05, 0.1) is 22.3 Å². The van der Waals surface area contributed by atoms with Crippen LogP contribution in [0.5, 0.6) is 0 Å². The number of hydrogen-bond acceptors (Lipinski definition) is 5. The molecule has 1 fully saturated rings. The third kappa shape index (κ3) is 3.06. The van der Waals surface area contributed by atoms with Crippen LogP contribution in [0.25, 0.3) is 10.2 Å². The van der Waals surface area contributed by atoms with E-state index in [1.54, 1.807) is 31.3 Å². The van der Waals surface area contributed by atoms with Crippen molar-refractivity contribution in [2.24, 2.45) is 0 Å². The smallest absolute Gasteiger partial charge is 0.340 e. The SMILES string of the molecule is CN1CC(OC(=O)c2ccc(Br)cc2)N(c2nc3ccccc3s2)C1=O. The highest BCUT2D eigenvalue weighted by molar-refractivity contribution is 9.10. The maximum Gasteiger partial charge on any atom is 0.340 e. The predicted octanol–water partition coefficient (Wildman–Crippen LogP) is 4.11. The van der Waals surface area contributed by atoms with Gasteiger partial charge in [-0.1, -0.05) is 39.4 Å². The van der Waals surface area contributed by atoms with E-state index in [4.69, 9.17) is 4.74 Å². The van der Waals surface area contributed by atoms with E-state index < -0.39 is 12.2 Å². The van der Waals surface area contributed by atoms with Crippen molar-refractivity contribution in [1.82, 2.24) is 9.88 Å². The van der Waals surface area contributed by atoms with Gasteiger partial charge in [-0.05, 0) is 36.4 Å². The molecule has 8 heteroatoms. The predicted molar refractivity (Wildman–Crippen MR) is 103 cm³/mol. The molecule has 2 heterocycles. The average molecular weight is 432 g/mol. The number of thiazole rings is 1. The summed E-state index contributed by atoms with van der Waals surface area (Å²) in [6, 6.07) is 14.3. The Balaban J connectivity index is 1.62. The first kappa shape index (κ1) is 17.0. The molecule has 0 saturated carbocycles. The highest BCUT2D eigenvalue weighted by Gasteiger charge is 2.40. The van der Waals surface area contributed by atoms with Gasteiger partial charge in [0.15, 0.2) is 5.13 Å². The number of likely N-dealkylation sites (N-methyl/N-ethyl adjacent to an activating group) is 1. The average Bonchev–Trinajstić information content (AvgIpc) is 3.16. The van der Waals surface area contributed by atoms with Gasteiger partial charge in [-0.3, -0.25) is 0 Å². The standard InChI is InChI=1S/C18H14BrN3O3S/c1-21-10-15(25-16(23)11-6-8-12(19)9-7-11)22(18(21)24)17-20-13-4-2-3-5-14(13)26-17/h2-9,15H,10H2,1H3. The molecular formula is C18H14BrN3O3S. The molecule has 2 amide bonds. The van der Waals surface area contributed by atoms with Crippen molar-refractivity contribution in [2.75, 3.05) is 18.5 Å². The Hall–Kier alpha value is -2.45. The summed E-state index contributed by atoms with van der Waals surface area (Å²) < 4.78 is 7.47. The second-order valence-electron chi connectivity index (χ2n) is 5.86. The third-order valence-electron chi connectivity index (χ3n) is 4.06. The first-order chi connectivity index (χ1) is 12.5. The van der Waals surface area contributed by atoms with Gasteiger partial charge in [-0.2, -0.15) is 0 Å². The van der Waals surface area contributed by atoms with Gasteiger partial charge >= 0.3 is 12.0 Å². The Morgan fingerprint density at radius 1 is 1.23 bits per heavy atom. The zero-order valence-electron chi connectivity index (χ0n) is 13.8. The van der Waals surface area contributed by atoms with Crippen molar-refractivity contribution in [3.63, 3.8) is 0 Å². The molecule has 0 spiro atoms. The van der Waals surface area contributed by atoms with Gasteiger partial charge in [0, 0.05) is 11.5 Å². The number of rotatable bonds is 3. The highest BCUT2D eigenvalue weighted by atomic mass is 79.9. The number of carbonyl (C=O) groups is 2. The van der Waals surface area contributed by atoms with Crippen LogP contribution in [0.3, 0.4) is 0 Å². The van der Waals surface area contributed by atoms with Crippen LogP contribution in [0.4, 0.5) is 9.93 Å². The van der Waals surface area contributed by atoms with E-state index >= 15 is 0 Å². The Morgan fingerprint density at radius 2 is 1.96 bits per heavy atom. The third-order valence-corrected chi connectivity index (χ3v) is 5.63. The maximum atomic E-state index is 12.6. The molecule has 3 aromatic rings. The maximum absolute atomic E-state index is 12.6. The molecule has 1 aliphatic heterocycles. The van der Waals surface area contributed by atoms with Crippen molar-refractivity contribution < 1.29 is 14.3 Å². The van der Waals surface area contributed by atoms with Gasteiger partial charge in [0.25, 0.3) is 0 Å². The van der Waals surface area contributed by atoms with Crippen LogP contribution in [-0.2, 0) is 4.74 Å². The van der Waals surface area contributed by atoms with Crippen LogP contribution in [0.2, 0.25) is 0 Å². The number of halogens is 1. The van der Waals surface area contributed by atoms with Crippen LogP contribution in [0, 0.1) is 0 Å². The summed E-state index contributed by atoms with van der Waals surface area (Å²) in [5, 5.41) is 0.522. The van der Waals surface area contributed by atoms with E-state index in [2.05, 4.69) is 20.9 Å². The molecule has 2 aromatic carbocycles. The fraction of sp³-hybridized carbons (Fsp3) is 0.167. The molecule has 0 bridgehead atoms. The number of hydrogen-bond donors (Lipinski definition) is 0. The minimum atomic E-state index is -0.718. The number of fused-ring (bicyclic) bond motifs is 1. The highest BCUT2D eigenvalue weighted by Crippen LogP contribution is 2.33. The molecule has 132 valence electrons. The number of aromatic nitrogens is 1. The number of anilines is 1. The number of urea groups is 1. The lowest BCUT2D eigenvalue weighted by molar-refractivity contribution is 0.0331. The number of nitrogens with zero attached hydrogens (tertiary/aromatic N) is 3. The lowest BCUT2D eigenvalue weighted by atomic mass is 10.2. The van der Waals surface area contributed by atoms with Crippen molar-refractivity contribution in [3.8, 4) is 0 Å². The lowest BCUT2D eigenvalue weighted by Crippen LogP contribution is -2.37. The topological polar surface area (TPSA) is 62.7 Å². The van der Waals surface area contributed by atoms with Crippen molar-refractivity contribution >= 4 is 54.6 Å². The molecule has 1 atom stereocenters. The summed E-state index contributed by atoms with van der Waals surface area (Å²) in [7, 11) is 1.68. The molecule has 1 saturated heterocycles. The molecular weight excluding hydrogens is 418 g/mol. The Kier molecular flexibility index (Phi) is 4.37. The minimum Gasteiger partial charge on any atom is -0.435 e. The number of esters is 1. The first-order valence-corrected chi connectivity index (χ1v) is 9.50. The molecule has 1 unspecified atom stereocenters. The largest absolute Gasteiger partial charge is 0.435 e. The van der Waals surface area contributed by atoms with Crippen LogP contribution in [-0.4, -0.2) is 41.7 Å². The summed E-state index contributed by atoms with van der Waals surface area (Å²) in [4.78, 5) is 32.5. The summed E-state index contributed by atoms with van der Waals surface area (Å²) >= 11 is 4.74. The van der Waals surface area contributed by atoms with E-state index in [0.717, 1.165) is 14.7 Å². The second-order valence-corrected chi connectivity index (χ2v) is 7.79. The second kappa shape index (κ2) is 6.69. The number of ether oxygens (including phenoxy) is 1. The molecule has 4 rings (SSSR count). The molecule has 6 nitrogen and oxygen atoms in total. The number of amides is 2. The monoisotopic (exact) mass is 431 g/mol. The van der Waals surface area contributed by atoms with Gasteiger partial charge in [0.1, 0.15) is 0 Å². The van der Waals surface area contributed by atoms with Crippen LogP contribution in [0.15, 0.2) is 53.0 Å². The quantitative estimate of drug-likeness (QED) is 0.585. The van der Waals surface area contributed by atoms with Crippen molar-refractivity contribution in [2.45, 2.75) is 6.23 Å². The normalized spacial score (nSPS) is 17.2. The first-order valence-electron chi connectivity index (χ1n) is 7.89. The summed E-state index contributed by atoms with van der Waals surface area (Å²) in [6.45, 7) is 0.289. The zero-order chi connectivity index (χ0) is 18.3. The Bertz CT molecular complexity index is 956. The number of carbonyl (C=O) groups excluding carboxylic acids is 2. The van der Waals surface area contributed by atoms with Gasteiger partial charge in [0.2, 0.25) is 6.23 Å². The fourth-order valence-corrected chi connectivity index (χ4v) is 4.00. The lowest BCUT2D eigenvalue weighted by Gasteiger charge is -2.20. The summed E-state index contributed by atoms with van der Waals surface area (Å²) in [5.41, 5.74) is 1.24. The fourth-order valence-electron chi connectivity index (χ4n) is 2.74. The van der Waals surface area contributed by atoms with E-state index in [1.165, 1.54) is 21.1 Å². The summed E-state index contributed by atoms with van der Waals surface area (Å²) in [5.74, 6) is -0.475. The van der Waals surface area contributed by atoms with Gasteiger partial charge in [-0.25, -0.2) is 19.5 Å². The van der Waals surface area contributed by atoms with Crippen molar-refractivity contribution in [3.05, 3.63) is 58.6 Å². The molecule has 1 aliphatic rings. The van der Waals surface area contributed by atoms with E-state index in [-0.39, 0.29) is 12.6 Å². The molecule has 1 aromatic heterocycles. The number of para-hydroxylation sites is 1. The molecule has 26 heavy (non-hydrogen) atoms. The molecule has 0 N–H and O–H groups in total. The van der Waals surface area contributed by atoms with Crippen LogP contribution >= 0.6 is 27.3 Å². The van der Waals surface area contributed by atoms with E-state index in [9.17, 15) is 9.59 Å². The molecule has 0 radical (unpaired) electrons. The Labute approximate surface area is 162 Å². The summed E-state index contributed by atoms with van der Waals surface area (Å²) in [6.07, 6.45) is -0.718.